The van der Waals surface area contributed by atoms with Crippen LogP contribution in [0.3, 0.4) is 0 Å². The molecule has 0 saturated heterocycles. The fraction of sp³-hybridized carbons (Fsp3) is 0. The first kappa shape index (κ1) is 15.2. The minimum Gasteiger partial charge on any atom is -0.504 e. The maximum Gasteiger partial charge on any atom is 0.269 e. The predicted octanol–water partition coefficient (Wildman–Crippen LogP) is 2.78. The van der Waals surface area contributed by atoms with E-state index < -0.39 is 16.4 Å². The van der Waals surface area contributed by atoms with Crippen LogP contribution in [-0.4, -0.2) is 15.9 Å². The third-order valence-electron chi connectivity index (χ3n) is 3.35. The van der Waals surface area contributed by atoms with Crippen molar-refractivity contribution < 1.29 is 19.2 Å². The number of hydrogen-bond donors (Lipinski definition) is 3. The van der Waals surface area contributed by atoms with E-state index in [1.807, 2.05) is 0 Å². The maximum atomic E-state index is 12.3. The fourth-order valence-corrected chi connectivity index (χ4v) is 2.18. The van der Waals surface area contributed by atoms with Crippen LogP contribution in [0.2, 0.25) is 0 Å². The number of benzene rings is 2. The highest BCUT2D eigenvalue weighted by Crippen LogP contribution is 2.23. The summed E-state index contributed by atoms with van der Waals surface area (Å²) >= 11 is 0. The molecule has 0 saturated carbocycles. The molecule has 24 heavy (non-hydrogen) atoms. The Morgan fingerprint density at radius 3 is 2.58 bits per heavy atom. The van der Waals surface area contributed by atoms with Crippen LogP contribution in [-0.2, 0) is 0 Å². The largest absolute Gasteiger partial charge is 0.504 e. The van der Waals surface area contributed by atoms with Crippen molar-refractivity contribution in [3.63, 3.8) is 0 Å². The molecule has 0 radical (unpaired) electrons. The molecule has 0 bridgehead atoms. The van der Waals surface area contributed by atoms with Gasteiger partial charge in [-0.25, -0.2) is 0 Å². The molecule has 1 aromatic heterocycles. The highest BCUT2D eigenvalue weighted by Gasteiger charge is 2.14. The zero-order chi connectivity index (χ0) is 17.3. The van der Waals surface area contributed by atoms with Gasteiger partial charge >= 0.3 is 0 Å². The summed E-state index contributed by atoms with van der Waals surface area (Å²) < 4.78 is 5.20. The molecular weight excluding hydrogens is 314 g/mol. The van der Waals surface area contributed by atoms with Gasteiger partial charge in [0.05, 0.1) is 4.92 Å². The summed E-state index contributed by atoms with van der Waals surface area (Å²) in [7, 11) is 0. The zero-order valence-corrected chi connectivity index (χ0v) is 12.1. The first-order valence-corrected chi connectivity index (χ1v) is 6.82. The molecule has 0 unspecified atom stereocenters. The van der Waals surface area contributed by atoms with Crippen LogP contribution >= 0.6 is 0 Å². The summed E-state index contributed by atoms with van der Waals surface area (Å²) in [6.45, 7) is 0. The van der Waals surface area contributed by atoms with E-state index >= 15 is 0 Å². The Balaban J connectivity index is 1.92. The number of phenols is 1. The number of non-ortho nitro benzene ring substituents is 1. The summed E-state index contributed by atoms with van der Waals surface area (Å²) in [5.41, 5.74) is -0.0457. The standard InChI is InChI=1S/C16H11N3O5/c17-15-12(8-9-2-1-3-13(20)14(9)24-15)16(21)18-10-4-6-11(7-5-10)19(22)23/h1-8,17,20H,(H,18,21). The number of fused-ring (bicyclic) bond motifs is 1. The first-order valence-electron chi connectivity index (χ1n) is 6.82. The van der Waals surface area contributed by atoms with Gasteiger partial charge in [0.1, 0.15) is 5.56 Å². The molecule has 8 heteroatoms. The SMILES string of the molecule is N=c1oc2c(O)cccc2cc1C(=O)Nc1ccc([N+](=O)[O-])cc1. The van der Waals surface area contributed by atoms with Crippen molar-refractivity contribution in [3.05, 3.63) is 69.8 Å². The summed E-state index contributed by atoms with van der Waals surface area (Å²) in [6.07, 6.45) is 0. The normalized spacial score (nSPS) is 10.5. The van der Waals surface area contributed by atoms with Crippen molar-refractivity contribution in [1.82, 2.24) is 0 Å². The van der Waals surface area contributed by atoms with Crippen LogP contribution in [0.4, 0.5) is 11.4 Å². The Labute approximate surface area is 134 Å². The molecule has 8 nitrogen and oxygen atoms in total. The number of nitrogens with zero attached hydrogens (tertiary/aromatic N) is 1. The Morgan fingerprint density at radius 1 is 1.21 bits per heavy atom. The van der Waals surface area contributed by atoms with Crippen LogP contribution in [0, 0.1) is 15.5 Å². The Hall–Kier alpha value is -3.68. The Kier molecular flexibility index (Phi) is 3.70. The van der Waals surface area contributed by atoms with Crippen LogP contribution in [0.1, 0.15) is 10.4 Å². The van der Waals surface area contributed by atoms with Gasteiger partial charge in [0.15, 0.2) is 11.3 Å². The third kappa shape index (κ3) is 2.80. The van der Waals surface area contributed by atoms with E-state index in [1.165, 1.54) is 36.4 Å². The average molecular weight is 325 g/mol. The maximum absolute atomic E-state index is 12.3. The highest BCUT2D eigenvalue weighted by molar-refractivity contribution is 6.05. The van der Waals surface area contributed by atoms with Crippen LogP contribution < -0.4 is 10.9 Å². The van der Waals surface area contributed by atoms with Gasteiger partial charge in [-0.15, -0.1) is 0 Å². The Morgan fingerprint density at radius 2 is 1.92 bits per heavy atom. The van der Waals surface area contributed by atoms with Crippen molar-refractivity contribution in [2.24, 2.45) is 0 Å². The highest BCUT2D eigenvalue weighted by atomic mass is 16.6. The van der Waals surface area contributed by atoms with E-state index in [4.69, 9.17) is 9.83 Å². The van der Waals surface area contributed by atoms with E-state index in [1.54, 1.807) is 12.1 Å². The number of hydrogen-bond acceptors (Lipinski definition) is 6. The second-order valence-corrected chi connectivity index (χ2v) is 4.94. The average Bonchev–Trinajstić information content (AvgIpc) is 2.55. The van der Waals surface area contributed by atoms with Gasteiger partial charge < -0.3 is 14.8 Å². The van der Waals surface area contributed by atoms with Gasteiger partial charge in [-0.2, -0.15) is 0 Å². The summed E-state index contributed by atoms with van der Waals surface area (Å²) in [5.74, 6) is -0.717. The molecule has 1 amide bonds. The van der Waals surface area contributed by atoms with E-state index in [0.29, 0.717) is 11.1 Å². The van der Waals surface area contributed by atoms with Crippen molar-refractivity contribution in [2.45, 2.75) is 0 Å². The number of aromatic hydroxyl groups is 1. The van der Waals surface area contributed by atoms with Crippen molar-refractivity contribution >= 4 is 28.3 Å². The fourth-order valence-electron chi connectivity index (χ4n) is 2.18. The molecule has 0 spiro atoms. The lowest BCUT2D eigenvalue weighted by molar-refractivity contribution is -0.384. The second kappa shape index (κ2) is 5.84. The lowest BCUT2D eigenvalue weighted by Crippen LogP contribution is -2.20. The third-order valence-corrected chi connectivity index (χ3v) is 3.35. The van der Waals surface area contributed by atoms with Gasteiger partial charge in [-0.3, -0.25) is 20.3 Å². The molecule has 2 aromatic carbocycles. The van der Waals surface area contributed by atoms with E-state index in [2.05, 4.69) is 5.32 Å². The number of nitrogens with one attached hydrogen (secondary N) is 2. The van der Waals surface area contributed by atoms with E-state index in [-0.39, 0.29) is 22.6 Å². The minimum atomic E-state index is -0.595. The number of para-hydroxylation sites is 1. The second-order valence-electron chi connectivity index (χ2n) is 4.94. The number of nitro groups is 1. The number of carbonyl (C=O) groups is 1. The number of nitro benzene ring substituents is 1. The number of anilines is 1. The lowest BCUT2D eigenvalue weighted by Gasteiger charge is -2.06. The molecule has 3 aromatic rings. The topological polar surface area (TPSA) is 129 Å². The lowest BCUT2D eigenvalue weighted by atomic mass is 10.1. The van der Waals surface area contributed by atoms with E-state index in [0.717, 1.165) is 0 Å². The van der Waals surface area contributed by atoms with Gasteiger partial charge in [-0.05, 0) is 24.3 Å². The number of rotatable bonds is 3. The molecule has 3 rings (SSSR count). The molecule has 0 atom stereocenters. The number of amides is 1. The molecule has 0 fully saturated rings. The monoisotopic (exact) mass is 325 g/mol. The Bertz CT molecular complexity index is 1010. The summed E-state index contributed by atoms with van der Waals surface area (Å²) in [5, 5.41) is 31.1. The molecule has 3 N–H and O–H groups in total. The van der Waals surface area contributed by atoms with Crippen molar-refractivity contribution in [2.75, 3.05) is 5.32 Å². The summed E-state index contributed by atoms with van der Waals surface area (Å²) in [6, 6.07) is 11.4. The quantitative estimate of drug-likeness (QED) is 0.503. The molecule has 0 aliphatic heterocycles. The van der Waals surface area contributed by atoms with Crippen LogP contribution in [0.15, 0.2) is 52.9 Å². The zero-order valence-electron chi connectivity index (χ0n) is 12.1. The predicted molar refractivity (Wildman–Crippen MR) is 84.8 cm³/mol. The van der Waals surface area contributed by atoms with Crippen LogP contribution in [0.5, 0.6) is 5.75 Å². The molecular formula is C16H11N3O5. The van der Waals surface area contributed by atoms with Crippen LogP contribution in [0.25, 0.3) is 11.0 Å². The van der Waals surface area contributed by atoms with Gasteiger partial charge in [-0.1, -0.05) is 12.1 Å². The van der Waals surface area contributed by atoms with Gasteiger partial charge in [0, 0.05) is 23.2 Å². The van der Waals surface area contributed by atoms with Crippen molar-refractivity contribution in [1.29, 1.82) is 5.41 Å². The molecule has 0 aliphatic rings. The minimum absolute atomic E-state index is 0.0218. The molecule has 1 heterocycles. The van der Waals surface area contributed by atoms with E-state index in [9.17, 15) is 20.0 Å². The first-order chi connectivity index (χ1) is 11.5. The molecule has 0 aliphatic carbocycles. The number of phenolic OH excluding ortho intramolecular Hbond substituents is 1. The smallest absolute Gasteiger partial charge is 0.269 e. The molecule has 120 valence electrons. The van der Waals surface area contributed by atoms with Gasteiger partial charge in [0.25, 0.3) is 11.6 Å². The summed E-state index contributed by atoms with van der Waals surface area (Å²) in [4.78, 5) is 22.4. The van der Waals surface area contributed by atoms with Gasteiger partial charge in [0.2, 0.25) is 5.55 Å². The number of carbonyl (C=O) groups excluding carboxylic acids is 1. The van der Waals surface area contributed by atoms with Crippen molar-refractivity contribution in [3.8, 4) is 5.75 Å².